The molecule has 1 aromatic carbocycles. The molecule has 0 aromatic heterocycles. The van der Waals surface area contributed by atoms with Crippen molar-refractivity contribution < 1.29 is 14.5 Å². The average molecular weight is 266 g/mol. The van der Waals surface area contributed by atoms with E-state index in [9.17, 15) is 14.9 Å². The monoisotopic (exact) mass is 266 g/mol. The number of nitro groups is 1. The molecule has 1 amide bonds. The van der Waals surface area contributed by atoms with Crippen LogP contribution in [0.4, 0.5) is 5.69 Å². The Hall–Kier alpha value is -2.11. The fourth-order valence-corrected chi connectivity index (χ4v) is 1.69. The van der Waals surface area contributed by atoms with Crippen LogP contribution < -0.4 is 4.74 Å². The standard InChI is InChI=1S/C13H18N2O4/c1-4-14(5-2)13(16)9-19-12-8-10(3)6-7-11(12)15(17)18/h6-8H,4-5,9H2,1-3H3. The lowest BCUT2D eigenvalue weighted by molar-refractivity contribution is -0.385. The summed E-state index contributed by atoms with van der Waals surface area (Å²) in [5.41, 5.74) is 0.717. The van der Waals surface area contributed by atoms with Crippen LogP contribution in [0.3, 0.4) is 0 Å². The zero-order chi connectivity index (χ0) is 14.4. The highest BCUT2D eigenvalue weighted by atomic mass is 16.6. The van der Waals surface area contributed by atoms with Gasteiger partial charge in [0.2, 0.25) is 0 Å². The van der Waals surface area contributed by atoms with Crippen LogP contribution in [-0.4, -0.2) is 35.4 Å². The molecule has 0 aliphatic rings. The number of nitro benzene ring substituents is 1. The van der Waals surface area contributed by atoms with Crippen molar-refractivity contribution in [2.24, 2.45) is 0 Å². The smallest absolute Gasteiger partial charge is 0.310 e. The summed E-state index contributed by atoms with van der Waals surface area (Å²) >= 11 is 0. The van der Waals surface area contributed by atoms with Crippen molar-refractivity contribution in [3.05, 3.63) is 33.9 Å². The topological polar surface area (TPSA) is 72.7 Å². The van der Waals surface area contributed by atoms with E-state index in [0.717, 1.165) is 5.56 Å². The Morgan fingerprint density at radius 2 is 2.00 bits per heavy atom. The van der Waals surface area contributed by atoms with Crippen molar-refractivity contribution in [2.45, 2.75) is 20.8 Å². The van der Waals surface area contributed by atoms with Gasteiger partial charge in [-0.2, -0.15) is 0 Å². The number of amides is 1. The largest absolute Gasteiger partial charge is 0.477 e. The Kier molecular flexibility index (Phi) is 5.29. The number of hydrogen-bond acceptors (Lipinski definition) is 4. The van der Waals surface area contributed by atoms with E-state index in [0.29, 0.717) is 13.1 Å². The summed E-state index contributed by atoms with van der Waals surface area (Å²) in [5, 5.41) is 10.9. The molecule has 0 aliphatic carbocycles. The van der Waals surface area contributed by atoms with Gasteiger partial charge in [0.1, 0.15) is 0 Å². The van der Waals surface area contributed by atoms with Crippen LogP contribution in [0, 0.1) is 17.0 Å². The number of aryl methyl sites for hydroxylation is 1. The van der Waals surface area contributed by atoms with Crippen molar-refractivity contribution in [2.75, 3.05) is 19.7 Å². The lowest BCUT2D eigenvalue weighted by Crippen LogP contribution is -2.34. The third-order valence-electron chi connectivity index (χ3n) is 2.78. The van der Waals surface area contributed by atoms with Gasteiger partial charge in [-0.05, 0) is 32.4 Å². The number of ether oxygens (including phenoxy) is 1. The fraction of sp³-hybridized carbons (Fsp3) is 0.462. The fourth-order valence-electron chi connectivity index (χ4n) is 1.69. The van der Waals surface area contributed by atoms with E-state index in [1.54, 1.807) is 17.0 Å². The van der Waals surface area contributed by atoms with Crippen molar-refractivity contribution in [3.8, 4) is 5.75 Å². The number of rotatable bonds is 6. The summed E-state index contributed by atoms with van der Waals surface area (Å²) in [6.07, 6.45) is 0. The van der Waals surface area contributed by atoms with Gasteiger partial charge in [0.25, 0.3) is 5.91 Å². The molecular weight excluding hydrogens is 248 g/mol. The summed E-state index contributed by atoms with van der Waals surface area (Å²) in [6, 6.07) is 4.58. The van der Waals surface area contributed by atoms with Gasteiger partial charge < -0.3 is 9.64 Å². The van der Waals surface area contributed by atoms with Crippen LogP contribution in [-0.2, 0) is 4.79 Å². The molecule has 104 valence electrons. The second kappa shape index (κ2) is 6.72. The van der Waals surface area contributed by atoms with E-state index in [1.807, 2.05) is 20.8 Å². The second-order valence-corrected chi connectivity index (χ2v) is 4.08. The molecule has 0 N–H and O–H groups in total. The molecule has 19 heavy (non-hydrogen) atoms. The molecule has 0 atom stereocenters. The highest BCUT2D eigenvalue weighted by Gasteiger charge is 2.17. The van der Waals surface area contributed by atoms with Gasteiger partial charge >= 0.3 is 5.69 Å². The Morgan fingerprint density at radius 1 is 1.37 bits per heavy atom. The van der Waals surface area contributed by atoms with Crippen molar-refractivity contribution >= 4 is 11.6 Å². The number of likely N-dealkylation sites (N-methyl/N-ethyl adjacent to an activating group) is 1. The molecule has 0 unspecified atom stereocenters. The molecule has 6 nitrogen and oxygen atoms in total. The number of nitrogens with zero attached hydrogens (tertiary/aromatic N) is 2. The Balaban J connectivity index is 2.79. The minimum atomic E-state index is -0.517. The predicted octanol–water partition coefficient (Wildman–Crippen LogP) is 2.15. The Labute approximate surface area is 112 Å². The van der Waals surface area contributed by atoms with Crippen LogP contribution in [0.15, 0.2) is 18.2 Å². The van der Waals surface area contributed by atoms with E-state index < -0.39 is 4.92 Å². The molecular formula is C13H18N2O4. The van der Waals surface area contributed by atoms with Crippen molar-refractivity contribution in [1.29, 1.82) is 0 Å². The maximum atomic E-state index is 11.8. The van der Waals surface area contributed by atoms with Crippen LogP contribution in [0.25, 0.3) is 0 Å². The molecule has 0 saturated carbocycles. The van der Waals surface area contributed by atoms with Gasteiger partial charge in [0.05, 0.1) is 4.92 Å². The summed E-state index contributed by atoms with van der Waals surface area (Å²) in [5.74, 6) is -0.0497. The first kappa shape index (κ1) is 14.9. The summed E-state index contributed by atoms with van der Waals surface area (Å²) in [7, 11) is 0. The second-order valence-electron chi connectivity index (χ2n) is 4.08. The highest BCUT2D eigenvalue weighted by Crippen LogP contribution is 2.27. The predicted molar refractivity (Wildman–Crippen MR) is 71.3 cm³/mol. The Bertz CT molecular complexity index is 470. The van der Waals surface area contributed by atoms with E-state index in [4.69, 9.17) is 4.74 Å². The molecule has 0 bridgehead atoms. The minimum absolute atomic E-state index is 0.127. The Morgan fingerprint density at radius 3 is 2.53 bits per heavy atom. The zero-order valence-electron chi connectivity index (χ0n) is 11.4. The summed E-state index contributed by atoms with van der Waals surface area (Å²) in [4.78, 5) is 23.7. The lowest BCUT2D eigenvalue weighted by atomic mass is 10.2. The molecule has 0 saturated heterocycles. The molecule has 6 heteroatoms. The minimum Gasteiger partial charge on any atom is -0.477 e. The third kappa shape index (κ3) is 3.94. The molecule has 0 fully saturated rings. The summed E-state index contributed by atoms with van der Waals surface area (Å²) < 4.78 is 5.29. The van der Waals surface area contributed by atoms with Gasteiger partial charge in [-0.1, -0.05) is 6.07 Å². The van der Waals surface area contributed by atoms with Gasteiger partial charge in [0, 0.05) is 19.2 Å². The molecule has 0 radical (unpaired) electrons. The molecule has 1 aromatic rings. The normalized spacial score (nSPS) is 10.1. The van der Waals surface area contributed by atoms with Crippen molar-refractivity contribution in [1.82, 2.24) is 4.90 Å². The SMILES string of the molecule is CCN(CC)C(=O)COc1cc(C)ccc1[N+](=O)[O-]. The third-order valence-corrected chi connectivity index (χ3v) is 2.78. The van der Waals surface area contributed by atoms with Gasteiger partial charge in [-0.25, -0.2) is 0 Å². The molecule has 1 rings (SSSR count). The van der Waals surface area contributed by atoms with Gasteiger partial charge in [0.15, 0.2) is 12.4 Å². The highest BCUT2D eigenvalue weighted by molar-refractivity contribution is 5.77. The van der Waals surface area contributed by atoms with E-state index in [1.165, 1.54) is 6.07 Å². The van der Waals surface area contributed by atoms with Crippen molar-refractivity contribution in [3.63, 3.8) is 0 Å². The number of benzene rings is 1. The number of hydrogen-bond donors (Lipinski definition) is 0. The van der Waals surface area contributed by atoms with E-state index in [2.05, 4.69) is 0 Å². The van der Waals surface area contributed by atoms with Crippen LogP contribution in [0.2, 0.25) is 0 Å². The number of carbonyl (C=O) groups is 1. The average Bonchev–Trinajstić information content (AvgIpc) is 2.37. The number of carbonyl (C=O) groups excluding carboxylic acids is 1. The van der Waals surface area contributed by atoms with Crippen LogP contribution in [0.5, 0.6) is 5.75 Å². The first-order valence-electron chi connectivity index (χ1n) is 6.15. The maximum absolute atomic E-state index is 11.8. The quantitative estimate of drug-likeness (QED) is 0.584. The molecule has 0 spiro atoms. The first-order valence-corrected chi connectivity index (χ1v) is 6.15. The van der Waals surface area contributed by atoms with Gasteiger partial charge in [-0.3, -0.25) is 14.9 Å². The molecule has 0 aliphatic heterocycles. The van der Waals surface area contributed by atoms with E-state index >= 15 is 0 Å². The molecule has 0 heterocycles. The zero-order valence-corrected chi connectivity index (χ0v) is 11.4. The van der Waals surface area contributed by atoms with Gasteiger partial charge in [-0.15, -0.1) is 0 Å². The maximum Gasteiger partial charge on any atom is 0.310 e. The lowest BCUT2D eigenvalue weighted by Gasteiger charge is -2.18. The van der Waals surface area contributed by atoms with Crippen LogP contribution >= 0.6 is 0 Å². The van der Waals surface area contributed by atoms with E-state index in [-0.39, 0.29) is 24.0 Å². The first-order chi connectivity index (χ1) is 8.99. The van der Waals surface area contributed by atoms with Crippen LogP contribution in [0.1, 0.15) is 19.4 Å². The summed E-state index contributed by atoms with van der Waals surface area (Å²) in [6.45, 7) is 6.55.